The minimum atomic E-state index is -0.571. The third-order valence-electron chi connectivity index (χ3n) is 3.97. The number of carbonyl (C=O) groups is 1. The van der Waals surface area contributed by atoms with E-state index in [1.165, 1.54) is 12.1 Å². The average molecular weight is 263 g/mol. The van der Waals surface area contributed by atoms with Gasteiger partial charge in [-0.1, -0.05) is 0 Å². The first-order chi connectivity index (χ1) is 9.08. The van der Waals surface area contributed by atoms with Crippen molar-refractivity contribution in [3.05, 3.63) is 30.1 Å². The van der Waals surface area contributed by atoms with E-state index in [4.69, 9.17) is 5.73 Å². The Hall–Kier alpha value is -1.62. The third-order valence-corrected chi connectivity index (χ3v) is 3.97. The van der Waals surface area contributed by atoms with Gasteiger partial charge < -0.3 is 15.5 Å². The Kier molecular flexibility index (Phi) is 2.93. The lowest BCUT2D eigenvalue weighted by atomic mass is 10.2. The molecule has 2 N–H and O–H groups in total. The number of nitrogens with two attached hydrogens (primary N) is 1. The van der Waals surface area contributed by atoms with E-state index in [9.17, 15) is 9.18 Å². The molecule has 1 heterocycles. The summed E-state index contributed by atoms with van der Waals surface area (Å²) >= 11 is 0. The lowest BCUT2D eigenvalue weighted by molar-refractivity contribution is -0.133. The van der Waals surface area contributed by atoms with Crippen LogP contribution in [0, 0.1) is 5.82 Å². The number of amides is 1. The van der Waals surface area contributed by atoms with Crippen molar-refractivity contribution in [2.24, 2.45) is 5.73 Å². The Labute approximate surface area is 112 Å². The second-order valence-corrected chi connectivity index (χ2v) is 5.41. The summed E-state index contributed by atoms with van der Waals surface area (Å²) in [7, 11) is 0. The average Bonchev–Trinajstić information content (AvgIpc) is 3.18. The van der Waals surface area contributed by atoms with Crippen LogP contribution in [0.15, 0.2) is 24.3 Å². The van der Waals surface area contributed by atoms with Crippen molar-refractivity contribution in [2.45, 2.75) is 18.4 Å². The van der Waals surface area contributed by atoms with Gasteiger partial charge >= 0.3 is 0 Å². The summed E-state index contributed by atoms with van der Waals surface area (Å²) in [6.07, 6.45) is 1.62. The summed E-state index contributed by atoms with van der Waals surface area (Å²) in [5, 5.41) is 0. The minimum absolute atomic E-state index is 0.0891. The molecule has 0 atom stereocenters. The van der Waals surface area contributed by atoms with E-state index in [1.807, 2.05) is 4.90 Å². The van der Waals surface area contributed by atoms with Crippen molar-refractivity contribution in [1.29, 1.82) is 0 Å². The molecule has 0 aromatic heterocycles. The van der Waals surface area contributed by atoms with Crippen LogP contribution in [0.4, 0.5) is 10.1 Å². The number of nitrogens with zero attached hydrogens (tertiary/aromatic N) is 2. The van der Waals surface area contributed by atoms with E-state index in [0.29, 0.717) is 13.1 Å². The van der Waals surface area contributed by atoms with Crippen molar-refractivity contribution in [2.75, 3.05) is 31.1 Å². The number of hydrogen-bond donors (Lipinski definition) is 1. The van der Waals surface area contributed by atoms with Crippen LogP contribution in [0.5, 0.6) is 0 Å². The molecule has 2 aliphatic rings. The van der Waals surface area contributed by atoms with Gasteiger partial charge in [0.2, 0.25) is 5.91 Å². The van der Waals surface area contributed by atoms with Crippen LogP contribution in [0.2, 0.25) is 0 Å². The molecule has 0 spiro atoms. The summed E-state index contributed by atoms with van der Waals surface area (Å²) < 4.78 is 12.9. The van der Waals surface area contributed by atoms with Crippen molar-refractivity contribution >= 4 is 11.6 Å². The lowest BCUT2D eigenvalue weighted by Crippen LogP contribution is -2.54. The Morgan fingerprint density at radius 1 is 1.11 bits per heavy atom. The van der Waals surface area contributed by atoms with E-state index in [-0.39, 0.29) is 11.7 Å². The van der Waals surface area contributed by atoms with Gasteiger partial charge in [0, 0.05) is 31.9 Å². The normalized spacial score (nSPS) is 21.4. The number of carbonyl (C=O) groups excluding carboxylic acids is 1. The smallest absolute Gasteiger partial charge is 0.242 e. The quantitative estimate of drug-likeness (QED) is 0.865. The standard InChI is InChI=1S/C14H18FN3O/c15-11-1-3-12(4-2-11)17-7-9-18(10-8-17)13(19)14(16)5-6-14/h1-4H,5-10,16H2. The molecule has 1 aliphatic carbocycles. The van der Waals surface area contributed by atoms with Crippen molar-refractivity contribution in [3.63, 3.8) is 0 Å². The monoisotopic (exact) mass is 263 g/mol. The zero-order valence-electron chi connectivity index (χ0n) is 10.8. The van der Waals surface area contributed by atoms with Crippen molar-refractivity contribution in [1.82, 2.24) is 4.90 Å². The lowest BCUT2D eigenvalue weighted by Gasteiger charge is -2.37. The molecule has 0 radical (unpaired) electrons. The van der Waals surface area contributed by atoms with Crippen LogP contribution < -0.4 is 10.6 Å². The maximum atomic E-state index is 12.9. The summed E-state index contributed by atoms with van der Waals surface area (Å²) in [6, 6.07) is 6.48. The first-order valence-electron chi connectivity index (χ1n) is 6.67. The summed E-state index contributed by atoms with van der Waals surface area (Å²) in [5.74, 6) is -0.136. The highest BCUT2D eigenvalue weighted by atomic mass is 19.1. The molecule has 102 valence electrons. The fourth-order valence-electron chi connectivity index (χ4n) is 2.48. The molecule has 3 rings (SSSR count). The molecular weight excluding hydrogens is 245 g/mol. The van der Waals surface area contributed by atoms with Gasteiger partial charge in [0.15, 0.2) is 0 Å². The van der Waals surface area contributed by atoms with Gasteiger partial charge in [-0.25, -0.2) is 4.39 Å². The largest absolute Gasteiger partial charge is 0.368 e. The molecule has 1 saturated carbocycles. The van der Waals surface area contributed by atoms with Crippen LogP contribution in [0.1, 0.15) is 12.8 Å². The third kappa shape index (κ3) is 2.42. The van der Waals surface area contributed by atoms with Gasteiger partial charge in [0.25, 0.3) is 0 Å². The first-order valence-corrected chi connectivity index (χ1v) is 6.67. The van der Waals surface area contributed by atoms with E-state index in [0.717, 1.165) is 31.6 Å². The molecule has 0 unspecified atom stereocenters. The van der Waals surface area contributed by atoms with Crippen molar-refractivity contribution in [3.8, 4) is 0 Å². The Morgan fingerprint density at radius 3 is 2.21 bits per heavy atom. The highest BCUT2D eigenvalue weighted by Crippen LogP contribution is 2.34. The van der Waals surface area contributed by atoms with Crippen molar-refractivity contribution < 1.29 is 9.18 Å². The molecule has 1 aromatic carbocycles. The zero-order chi connectivity index (χ0) is 13.5. The molecular formula is C14H18FN3O. The summed E-state index contributed by atoms with van der Waals surface area (Å²) in [6.45, 7) is 2.92. The van der Waals surface area contributed by atoms with E-state index < -0.39 is 5.54 Å². The maximum absolute atomic E-state index is 12.9. The van der Waals surface area contributed by atoms with Crippen LogP contribution in [0.25, 0.3) is 0 Å². The van der Waals surface area contributed by atoms with E-state index >= 15 is 0 Å². The fraction of sp³-hybridized carbons (Fsp3) is 0.500. The van der Waals surface area contributed by atoms with Gasteiger partial charge in [0.05, 0.1) is 5.54 Å². The highest BCUT2D eigenvalue weighted by Gasteiger charge is 2.48. The fourth-order valence-corrected chi connectivity index (χ4v) is 2.48. The van der Waals surface area contributed by atoms with Crippen LogP contribution in [0.3, 0.4) is 0 Å². The second kappa shape index (κ2) is 4.49. The number of benzene rings is 1. The van der Waals surface area contributed by atoms with Gasteiger partial charge in [-0.15, -0.1) is 0 Å². The van der Waals surface area contributed by atoms with Crippen LogP contribution >= 0.6 is 0 Å². The SMILES string of the molecule is NC1(C(=O)N2CCN(c3ccc(F)cc3)CC2)CC1. The summed E-state index contributed by atoms with van der Waals surface area (Å²) in [4.78, 5) is 16.1. The molecule has 1 amide bonds. The number of piperazine rings is 1. The predicted molar refractivity (Wildman–Crippen MR) is 71.3 cm³/mol. The van der Waals surface area contributed by atoms with E-state index in [1.54, 1.807) is 12.1 Å². The van der Waals surface area contributed by atoms with Gasteiger partial charge in [0.1, 0.15) is 5.82 Å². The molecule has 1 aromatic rings. The predicted octanol–water partition coefficient (Wildman–Crippen LogP) is 0.966. The zero-order valence-corrected chi connectivity index (χ0v) is 10.8. The molecule has 1 saturated heterocycles. The topological polar surface area (TPSA) is 49.6 Å². The Balaban J connectivity index is 1.60. The number of rotatable bonds is 2. The Morgan fingerprint density at radius 2 is 1.68 bits per heavy atom. The first kappa shape index (κ1) is 12.4. The van der Waals surface area contributed by atoms with Crippen LogP contribution in [-0.2, 0) is 4.79 Å². The summed E-state index contributed by atoms with van der Waals surface area (Å²) in [5.41, 5.74) is 6.37. The highest BCUT2D eigenvalue weighted by molar-refractivity contribution is 5.89. The van der Waals surface area contributed by atoms with Crippen LogP contribution in [-0.4, -0.2) is 42.5 Å². The van der Waals surface area contributed by atoms with Gasteiger partial charge in [-0.2, -0.15) is 0 Å². The van der Waals surface area contributed by atoms with Gasteiger partial charge in [-0.3, -0.25) is 4.79 Å². The second-order valence-electron chi connectivity index (χ2n) is 5.41. The maximum Gasteiger partial charge on any atom is 0.242 e. The Bertz CT molecular complexity index is 476. The number of anilines is 1. The molecule has 4 nitrogen and oxygen atoms in total. The van der Waals surface area contributed by atoms with Gasteiger partial charge in [-0.05, 0) is 37.1 Å². The molecule has 2 fully saturated rings. The molecule has 5 heteroatoms. The molecule has 19 heavy (non-hydrogen) atoms. The van der Waals surface area contributed by atoms with E-state index in [2.05, 4.69) is 4.90 Å². The number of halogens is 1. The molecule has 1 aliphatic heterocycles. The number of hydrogen-bond acceptors (Lipinski definition) is 3. The molecule has 0 bridgehead atoms. The minimum Gasteiger partial charge on any atom is -0.368 e.